The van der Waals surface area contributed by atoms with E-state index < -0.39 is 56.9 Å². The summed E-state index contributed by atoms with van der Waals surface area (Å²) in [5.41, 5.74) is 1.57. The minimum absolute atomic E-state index is 0.0367. The molecule has 0 spiro atoms. The lowest BCUT2D eigenvalue weighted by Gasteiger charge is -2.25. The normalized spacial score (nSPS) is 22.9. The number of unbranched alkanes of at least 4 members (excludes halogenated alkanes) is 4. The molecule has 0 aromatic heterocycles. The maximum Gasteiger partial charge on any atom is 0.475 e. The van der Waals surface area contributed by atoms with Gasteiger partial charge in [0.15, 0.2) is 12.1 Å². The summed E-state index contributed by atoms with van der Waals surface area (Å²) in [4.78, 5) is 52.9. The van der Waals surface area contributed by atoms with E-state index in [1.165, 1.54) is 0 Å². The average Bonchev–Trinajstić information content (AvgIpc) is 3.08. The smallest absolute Gasteiger partial charge is 0.475 e. The topological polar surface area (TPSA) is 174 Å². The third-order valence-corrected chi connectivity index (χ3v) is 9.18. The Bertz CT molecular complexity index is 1420. The molecular formula is C34H44ClN2O12P. The number of fused-ring (bicyclic) bond motifs is 8. The van der Waals surface area contributed by atoms with E-state index in [2.05, 4.69) is 17.6 Å². The van der Waals surface area contributed by atoms with E-state index >= 15 is 0 Å². The van der Waals surface area contributed by atoms with Crippen molar-refractivity contribution in [3.63, 3.8) is 0 Å². The number of amides is 2. The van der Waals surface area contributed by atoms with Crippen LogP contribution < -0.4 is 15.4 Å². The average molecular weight is 739 g/mol. The predicted octanol–water partition coefficient (Wildman–Crippen LogP) is 4.23. The monoisotopic (exact) mass is 738 g/mol. The number of benzene rings is 2. The van der Waals surface area contributed by atoms with Gasteiger partial charge in [0.2, 0.25) is 11.8 Å². The van der Waals surface area contributed by atoms with Crippen molar-refractivity contribution in [3.05, 3.63) is 64.2 Å². The van der Waals surface area contributed by atoms with Crippen LogP contribution in [0.4, 0.5) is 0 Å². The number of nitrogens with one attached hydrogen (secondary N) is 2. The second-order valence-corrected chi connectivity index (χ2v) is 13.8. The Kier molecular flexibility index (Phi) is 16.0. The molecule has 3 atom stereocenters. The van der Waals surface area contributed by atoms with Crippen LogP contribution in [0, 0.1) is 0 Å². The van der Waals surface area contributed by atoms with Gasteiger partial charge in [-0.05, 0) is 47.4 Å². The number of carbonyl (C=O) groups excluding carboxylic acids is 4. The van der Waals surface area contributed by atoms with E-state index in [1.54, 1.807) is 42.5 Å². The van der Waals surface area contributed by atoms with Gasteiger partial charge in [-0.1, -0.05) is 62.4 Å². The van der Waals surface area contributed by atoms with Gasteiger partial charge >= 0.3 is 19.8 Å². The molecule has 2 aromatic carbocycles. The van der Waals surface area contributed by atoms with Crippen LogP contribution in [0.15, 0.2) is 42.5 Å². The van der Waals surface area contributed by atoms with Gasteiger partial charge in [-0.15, -0.1) is 0 Å². The van der Waals surface area contributed by atoms with Crippen molar-refractivity contribution in [2.75, 3.05) is 46.2 Å². The van der Waals surface area contributed by atoms with Gasteiger partial charge in [0.1, 0.15) is 19.0 Å². The third kappa shape index (κ3) is 13.7. The molecule has 16 heteroatoms. The van der Waals surface area contributed by atoms with Crippen LogP contribution in [-0.2, 0) is 71.0 Å². The summed E-state index contributed by atoms with van der Waals surface area (Å²) in [6.45, 7) is 0.491. The third-order valence-electron chi connectivity index (χ3n) is 7.56. The number of phosphoric ester groups is 1. The number of phosphoric acid groups is 1. The van der Waals surface area contributed by atoms with Crippen molar-refractivity contribution < 1.29 is 56.3 Å². The molecule has 4 bridgehead atoms. The zero-order chi connectivity index (χ0) is 35.8. The van der Waals surface area contributed by atoms with Crippen molar-refractivity contribution in [1.82, 2.24) is 10.6 Å². The first kappa shape index (κ1) is 39.3. The summed E-state index contributed by atoms with van der Waals surface area (Å²) in [5.74, 6) is -2.45. The van der Waals surface area contributed by atoms with E-state index in [4.69, 9.17) is 44.1 Å². The molecule has 1 saturated heterocycles. The van der Waals surface area contributed by atoms with Crippen molar-refractivity contribution in [2.45, 2.75) is 70.6 Å². The number of ether oxygens (including phenoxy) is 4. The Hall–Kier alpha value is -3.52. The van der Waals surface area contributed by atoms with Crippen molar-refractivity contribution >= 4 is 43.2 Å². The molecule has 2 N–H and O–H groups in total. The molecule has 274 valence electrons. The van der Waals surface area contributed by atoms with E-state index in [0.717, 1.165) is 32.1 Å². The molecule has 2 heterocycles. The molecule has 2 aromatic rings. The molecular weight excluding hydrogens is 695 g/mol. The second-order valence-electron chi connectivity index (χ2n) is 11.7. The highest BCUT2D eigenvalue weighted by molar-refractivity contribution is 7.48. The van der Waals surface area contributed by atoms with Gasteiger partial charge in [0, 0.05) is 5.02 Å². The largest absolute Gasteiger partial charge is 0.494 e. The Morgan fingerprint density at radius 1 is 0.780 bits per heavy atom. The quantitative estimate of drug-likeness (QED) is 0.202. The number of hydrogen-bond donors (Lipinski definition) is 2. The van der Waals surface area contributed by atoms with Crippen LogP contribution in [0.25, 0.3) is 0 Å². The molecule has 1 fully saturated rings. The number of rotatable bonds is 10. The highest BCUT2D eigenvalue weighted by Gasteiger charge is 2.35. The first-order valence-electron chi connectivity index (χ1n) is 16.7. The van der Waals surface area contributed by atoms with Crippen molar-refractivity contribution in [1.29, 1.82) is 0 Å². The summed E-state index contributed by atoms with van der Waals surface area (Å²) in [6, 6.07) is 8.66. The van der Waals surface area contributed by atoms with Gasteiger partial charge < -0.3 is 29.6 Å². The zero-order valence-corrected chi connectivity index (χ0v) is 29.7. The highest BCUT2D eigenvalue weighted by Crippen LogP contribution is 2.50. The molecule has 50 heavy (non-hydrogen) atoms. The molecule has 14 nitrogen and oxygen atoms in total. The van der Waals surface area contributed by atoms with Gasteiger partial charge in [0.05, 0.1) is 52.5 Å². The second kappa shape index (κ2) is 20.4. The molecule has 0 radical (unpaired) electrons. The fraction of sp³-hybridized carbons (Fsp3) is 0.529. The number of carbonyl (C=O) groups is 4. The Labute approximate surface area is 296 Å². The van der Waals surface area contributed by atoms with Crippen LogP contribution in [-0.4, -0.2) is 82.1 Å². The molecule has 0 saturated carbocycles. The Morgan fingerprint density at radius 3 is 1.90 bits per heavy atom. The molecule has 2 aliphatic heterocycles. The van der Waals surface area contributed by atoms with Gasteiger partial charge in [-0.2, -0.15) is 0 Å². The molecule has 2 amide bonds. The first-order chi connectivity index (χ1) is 24.1. The SMILES string of the molecule is CCCCCCCOc1cc2cc(c1)CC(=O)N[C@@H]1COP(=O)(OCc3ccc(Cl)cc3)OC[C@H](NC(=O)C2)C(=O)OCCOCCOC1=O. The molecule has 2 aliphatic rings. The predicted molar refractivity (Wildman–Crippen MR) is 180 cm³/mol. The lowest BCUT2D eigenvalue weighted by molar-refractivity contribution is -0.152. The van der Waals surface area contributed by atoms with Gasteiger partial charge in [-0.25, -0.2) is 14.2 Å². The molecule has 4 rings (SSSR count). The lowest BCUT2D eigenvalue weighted by atomic mass is 10.0. The van der Waals surface area contributed by atoms with E-state index in [1.807, 2.05) is 0 Å². The maximum atomic E-state index is 13.9. The van der Waals surface area contributed by atoms with Crippen LogP contribution in [0.5, 0.6) is 5.75 Å². The first-order valence-corrected chi connectivity index (χ1v) is 18.5. The molecule has 1 unspecified atom stereocenters. The van der Waals surface area contributed by atoms with Crippen molar-refractivity contribution in [3.8, 4) is 5.75 Å². The Morgan fingerprint density at radius 2 is 1.34 bits per heavy atom. The summed E-state index contributed by atoms with van der Waals surface area (Å²) in [5, 5.41) is 5.64. The summed E-state index contributed by atoms with van der Waals surface area (Å²) >= 11 is 5.97. The number of cyclic esters (lactones) is 2. The fourth-order valence-electron chi connectivity index (χ4n) is 4.99. The summed E-state index contributed by atoms with van der Waals surface area (Å²) < 4.78 is 52.6. The number of halogens is 1. The highest BCUT2D eigenvalue weighted by atomic mass is 35.5. The number of esters is 2. The standard InChI is InChI=1S/C34H44ClN2O12P/c1-2-3-4-5-6-11-44-28-17-25-16-26(18-28)20-32(39)37-30-23-49-50(42,47-21-24-7-9-27(35)10-8-24)48-22-29(36-31(38)19-25)33(40)45-14-12-43-13-15-46-34(30)41/h7-10,16-18,29-30H,2-6,11-15,19-23H2,1H3,(H,36,38)(H,37,39)/t29-,30+,50?. The minimum atomic E-state index is -4.58. The van der Waals surface area contributed by atoms with E-state index in [-0.39, 0.29) is 45.9 Å². The van der Waals surface area contributed by atoms with Gasteiger partial charge in [-0.3, -0.25) is 23.2 Å². The van der Waals surface area contributed by atoms with Crippen LogP contribution in [0.1, 0.15) is 55.7 Å². The maximum absolute atomic E-state index is 13.9. The van der Waals surface area contributed by atoms with Crippen molar-refractivity contribution in [2.24, 2.45) is 0 Å². The Balaban J connectivity index is 1.63. The number of hydrogen-bond acceptors (Lipinski definition) is 12. The van der Waals surface area contributed by atoms with E-state index in [0.29, 0.717) is 34.1 Å². The molecule has 0 aliphatic carbocycles. The zero-order valence-electron chi connectivity index (χ0n) is 28.0. The van der Waals surface area contributed by atoms with E-state index in [9.17, 15) is 23.7 Å². The summed E-state index contributed by atoms with van der Waals surface area (Å²) in [6.07, 6.45) is 4.81. The fourth-order valence-corrected chi connectivity index (χ4v) is 6.31. The lowest BCUT2D eigenvalue weighted by Crippen LogP contribution is -2.47. The van der Waals surface area contributed by atoms with Crippen LogP contribution in [0.3, 0.4) is 0 Å². The summed E-state index contributed by atoms with van der Waals surface area (Å²) in [7, 11) is -4.58. The minimum Gasteiger partial charge on any atom is -0.494 e. The van der Waals surface area contributed by atoms with Crippen LogP contribution in [0.2, 0.25) is 5.02 Å². The van der Waals surface area contributed by atoms with Gasteiger partial charge in [0.25, 0.3) is 0 Å². The van der Waals surface area contributed by atoms with Crippen LogP contribution >= 0.6 is 19.4 Å².